The van der Waals surface area contributed by atoms with Gasteiger partial charge in [-0.05, 0) is 32.6 Å². The average molecular weight is 532 g/mol. The first-order chi connectivity index (χ1) is 17.6. The molecule has 3 amide bonds. The van der Waals surface area contributed by atoms with Gasteiger partial charge in [-0.15, -0.1) is 11.8 Å². The number of hydrogen-bond donors (Lipinski definition) is 1. The van der Waals surface area contributed by atoms with E-state index >= 15 is 0 Å². The molecule has 4 aliphatic heterocycles. The first kappa shape index (κ1) is 28.2. The lowest BCUT2D eigenvalue weighted by molar-refractivity contribution is -0.149. The van der Waals surface area contributed by atoms with Crippen LogP contribution in [0.15, 0.2) is 24.3 Å². The predicted molar refractivity (Wildman–Crippen MR) is 148 cm³/mol. The minimum Gasteiger partial charge on any atom is -0.394 e. The highest BCUT2D eigenvalue weighted by Crippen LogP contribution is 2.66. The number of hydrogen-bond acceptors (Lipinski definition) is 5. The maximum atomic E-state index is 14.6. The van der Waals surface area contributed by atoms with Crippen molar-refractivity contribution in [1.29, 1.82) is 0 Å². The second kappa shape index (κ2) is 10.8. The molecule has 0 bridgehead atoms. The minimum absolute atomic E-state index is 0.00284. The van der Waals surface area contributed by atoms with Crippen molar-refractivity contribution >= 4 is 29.5 Å². The van der Waals surface area contributed by atoms with Gasteiger partial charge in [0.25, 0.3) is 0 Å². The first-order valence-corrected chi connectivity index (χ1v) is 15.0. The molecule has 0 aromatic heterocycles. The summed E-state index contributed by atoms with van der Waals surface area (Å²) >= 11 is 1.62. The summed E-state index contributed by atoms with van der Waals surface area (Å²) in [5.41, 5.74) is 0. The van der Waals surface area contributed by atoms with Gasteiger partial charge in [0, 0.05) is 30.4 Å². The Kier molecular flexibility index (Phi) is 8.20. The molecule has 2 unspecified atom stereocenters. The molecular weight excluding hydrogens is 486 g/mol. The summed E-state index contributed by atoms with van der Waals surface area (Å²) in [6.07, 6.45) is 11.8. The van der Waals surface area contributed by atoms with Crippen LogP contribution in [0.1, 0.15) is 67.2 Å². The molecule has 37 heavy (non-hydrogen) atoms. The Morgan fingerprint density at radius 1 is 1.00 bits per heavy atom. The predicted octanol–water partition coefficient (Wildman–Crippen LogP) is 3.48. The van der Waals surface area contributed by atoms with Crippen LogP contribution in [0.2, 0.25) is 0 Å². The second-order valence-corrected chi connectivity index (χ2v) is 13.4. The lowest BCUT2D eigenvalue weighted by Gasteiger charge is -2.42. The molecule has 206 valence electrons. The molecule has 2 fully saturated rings. The van der Waals surface area contributed by atoms with Crippen molar-refractivity contribution in [2.24, 2.45) is 17.8 Å². The number of aliphatic hydroxyl groups is 1. The molecule has 8 heteroatoms. The van der Waals surface area contributed by atoms with Gasteiger partial charge in [-0.3, -0.25) is 14.4 Å². The zero-order valence-electron chi connectivity index (χ0n) is 23.4. The molecule has 7 nitrogen and oxygen atoms in total. The molecule has 4 heterocycles. The van der Waals surface area contributed by atoms with Gasteiger partial charge in [0.2, 0.25) is 17.7 Å². The van der Waals surface area contributed by atoms with E-state index in [1.54, 1.807) is 16.7 Å². The van der Waals surface area contributed by atoms with Gasteiger partial charge in [-0.1, -0.05) is 64.8 Å². The van der Waals surface area contributed by atoms with Crippen LogP contribution in [0, 0.1) is 17.8 Å². The Morgan fingerprint density at radius 3 is 2.32 bits per heavy atom. The molecule has 4 rings (SSSR count). The highest BCUT2D eigenvalue weighted by Gasteiger charge is 2.74. The summed E-state index contributed by atoms with van der Waals surface area (Å²) < 4.78 is -1.45. The van der Waals surface area contributed by atoms with E-state index in [9.17, 15) is 19.5 Å². The highest BCUT2D eigenvalue weighted by molar-refractivity contribution is 8.02. The van der Waals surface area contributed by atoms with Crippen molar-refractivity contribution in [3.63, 3.8) is 0 Å². The zero-order valence-corrected chi connectivity index (χ0v) is 24.2. The number of rotatable bonds is 9. The van der Waals surface area contributed by atoms with E-state index in [4.69, 9.17) is 0 Å². The SMILES string of the molecule is CCCC(C)N1CC=C[C@]23S[C@]4(C)C=CCN(CCC)C(=O)[C@@H]4[C@H]2C(=O)N([C@@H](CO)[C@@H](C)CC)C3C1=O. The number of nitrogens with zero attached hydrogens (tertiary/aromatic N) is 3. The van der Waals surface area contributed by atoms with Crippen molar-refractivity contribution < 1.29 is 19.5 Å². The molecule has 1 spiro atoms. The molecular formula is C29H45N3O4S. The van der Waals surface area contributed by atoms with E-state index in [-0.39, 0.29) is 36.3 Å². The monoisotopic (exact) mass is 531 g/mol. The molecule has 4 aliphatic rings. The second-order valence-electron chi connectivity index (χ2n) is 11.6. The van der Waals surface area contributed by atoms with Crippen LogP contribution in [-0.2, 0) is 14.4 Å². The summed E-state index contributed by atoms with van der Waals surface area (Å²) in [6.45, 7) is 13.9. The van der Waals surface area contributed by atoms with Gasteiger partial charge in [-0.2, -0.15) is 0 Å². The summed E-state index contributed by atoms with van der Waals surface area (Å²) in [6, 6.07) is -1.18. The van der Waals surface area contributed by atoms with Crippen LogP contribution in [-0.4, -0.2) is 91.4 Å². The van der Waals surface area contributed by atoms with E-state index in [2.05, 4.69) is 45.9 Å². The number of carbonyl (C=O) groups is 3. The van der Waals surface area contributed by atoms with E-state index < -0.39 is 33.4 Å². The van der Waals surface area contributed by atoms with Crippen LogP contribution in [0.5, 0.6) is 0 Å². The Hall–Kier alpha value is -1.80. The van der Waals surface area contributed by atoms with Crippen molar-refractivity contribution in [2.45, 2.75) is 94.8 Å². The van der Waals surface area contributed by atoms with Crippen molar-refractivity contribution in [1.82, 2.24) is 14.7 Å². The Labute approximate surface area is 226 Å². The third-order valence-electron chi connectivity index (χ3n) is 9.19. The van der Waals surface area contributed by atoms with Crippen molar-refractivity contribution in [3.05, 3.63) is 24.3 Å². The van der Waals surface area contributed by atoms with Crippen LogP contribution in [0.25, 0.3) is 0 Å². The van der Waals surface area contributed by atoms with Gasteiger partial charge in [-0.25, -0.2) is 0 Å². The lowest BCUT2D eigenvalue weighted by atomic mass is 9.74. The molecule has 1 N–H and O–H groups in total. The third-order valence-corrected chi connectivity index (χ3v) is 11.0. The first-order valence-electron chi connectivity index (χ1n) is 14.2. The van der Waals surface area contributed by atoms with Gasteiger partial charge < -0.3 is 19.8 Å². The molecule has 0 saturated carbocycles. The Balaban J connectivity index is 1.89. The molecule has 0 aromatic carbocycles. The summed E-state index contributed by atoms with van der Waals surface area (Å²) in [5.74, 6) is -1.41. The fourth-order valence-electron chi connectivity index (χ4n) is 7.14. The average Bonchev–Trinajstić information content (AvgIpc) is 3.13. The maximum absolute atomic E-state index is 14.6. The summed E-state index contributed by atoms with van der Waals surface area (Å²) in [5, 5.41) is 10.5. The summed E-state index contributed by atoms with van der Waals surface area (Å²) in [7, 11) is 0. The topological polar surface area (TPSA) is 81.2 Å². The van der Waals surface area contributed by atoms with Crippen LogP contribution < -0.4 is 0 Å². The largest absolute Gasteiger partial charge is 0.394 e. The van der Waals surface area contributed by atoms with Gasteiger partial charge in [0.15, 0.2) is 0 Å². The zero-order chi connectivity index (χ0) is 27.1. The quantitative estimate of drug-likeness (QED) is 0.461. The van der Waals surface area contributed by atoms with E-state index in [1.807, 2.05) is 29.7 Å². The molecule has 0 aromatic rings. The number of fused-ring (bicyclic) bond motifs is 2. The lowest BCUT2D eigenvalue weighted by Crippen LogP contribution is -2.59. The number of thioether (sulfide) groups is 1. The van der Waals surface area contributed by atoms with Crippen molar-refractivity contribution in [3.8, 4) is 0 Å². The highest BCUT2D eigenvalue weighted by atomic mass is 32.2. The Morgan fingerprint density at radius 2 is 1.70 bits per heavy atom. The van der Waals surface area contributed by atoms with E-state index in [1.165, 1.54) is 0 Å². The maximum Gasteiger partial charge on any atom is 0.247 e. The summed E-state index contributed by atoms with van der Waals surface area (Å²) in [4.78, 5) is 48.6. The molecule has 2 saturated heterocycles. The van der Waals surface area contributed by atoms with E-state index in [0.29, 0.717) is 19.6 Å². The van der Waals surface area contributed by atoms with Crippen LogP contribution in [0.3, 0.4) is 0 Å². The molecule has 0 radical (unpaired) electrons. The number of likely N-dealkylation sites (tertiary alicyclic amines) is 1. The minimum atomic E-state index is -0.857. The standard InChI is InChI=1S/C29H45N3O4S/c1-7-12-20(5)31-17-11-14-29-23(22-25(34)30(15-8-2)16-10-13-28(22,6)37-29)26(35)32(24(29)27(31)36)21(18-33)19(4)9-3/h10-11,13-14,19-24,33H,7-9,12,15-18H2,1-6H3/t19-,20?,21-,22-,23-,24?,28+,29-/m0/s1. The van der Waals surface area contributed by atoms with E-state index in [0.717, 1.165) is 25.7 Å². The number of amides is 3. The smallest absolute Gasteiger partial charge is 0.247 e. The molecule has 8 atom stereocenters. The fraction of sp³-hybridized carbons (Fsp3) is 0.759. The van der Waals surface area contributed by atoms with Gasteiger partial charge in [0.05, 0.1) is 29.2 Å². The Bertz CT molecular complexity index is 969. The normalized spacial score (nSPS) is 35.7. The van der Waals surface area contributed by atoms with Crippen LogP contribution >= 0.6 is 11.8 Å². The fourth-order valence-corrected chi connectivity index (χ4v) is 9.29. The molecule has 0 aliphatic carbocycles. The van der Waals surface area contributed by atoms with Gasteiger partial charge in [0.1, 0.15) is 6.04 Å². The number of carbonyl (C=O) groups excluding carboxylic acids is 3. The third kappa shape index (κ3) is 4.36. The van der Waals surface area contributed by atoms with Gasteiger partial charge >= 0.3 is 0 Å². The van der Waals surface area contributed by atoms with Crippen molar-refractivity contribution in [2.75, 3.05) is 26.2 Å². The van der Waals surface area contributed by atoms with Crippen LogP contribution in [0.4, 0.5) is 0 Å². The number of aliphatic hydroxyl groups excluding tert-OH is 1.